The molecule has 0 saturated carbocycles. The molecular weight excluding hydrogens is 365 g/mol. The summed E-state index contributed by atoms with van der Waals surface area (Å²) in [5.74, 6) is 1.49. The summed E-state index contributed by atoms with van der Waals surface area (Å²) >= 11 is 15.8. The van der Waals surface area contributed by atoms with Gasteiger partial charge in [-0.25, -0.2) is 0 Å². The SMILES string of the molecule is Clc1cccc(Cl)c1NCc1cc2c(cc1Br)OCO2. The van der Waals surface area contributed by atoms with Gasteiger partial charge in [-0.15, -0.1) is 0 Å². The first kappa shape index (κ1) is 13.9. The second-order valence-electron chi connectivity index (χ2n) is 4.25. The van der Waals surface area contributed by atoms with Crippen molar-refractivity contribution in [2.45, 2.75) is 6.54 Å². The van der Waals surface area contributed by atoms with E-state index >= 15 is 0 Å². The lowest BCUT2D eigenvalue weighted by molar-refractivity contribution is 0.174. The predicted molar refractivity (Wildman–Crippen MR) is 84.1 cm³/mol. The molecule has 0 radical (unpaired) electrons. The van der Waals surface area contributed by atoms with Crippen LogP contribution in [0.25, 0.3) is 0 Å². The molecule has 0 unspecified atom stereocenters. The zero-order valence-corrected chi connectivity index (χ0v) is 13.3. The number of hydrogen-bond acceptors (Lipinski definition) is 3. The van der Waals surface area contributed by atoms with Gasteiger partial charge in [0.15, 0.2) is 11.5 Å². The van der Waals surface area contributed by atoms with Gasteiger partial charge in [-0.05, 0) is 29.8 Å². The van der Waals surface area contributed by atoms with Crippen molar-refractivity contribution < 1.29 is 9.47 Å². The van der Waals surface area contributed by atoms with E-state index in [1.165, 1.54) is 0 Å². The van der Waals surface area contributed by atoms with Gasteiger partial charge in [0.05, 0.1) is 15.7 Å². The number of anilines is 1. The Hall–Kier alpha value is -1.10. The summed E-state index contributed by atoms with van der Waals surface area (Å²) in [5.41, 5.74) is 1.76. The van der Waals surface area contributed by atoms with E-state index in [1.54, 1.807) is 12.1 Å². The Labute approximate surface area is 134 Å². The zero-order chi connectivity index (χ0) is 14.1. The van der Waals surface area contributed by atoms with Crippen LogP contribution >= 0.6 is 39.1 Å². The average Bonchev–Trinajstić information content (AvgIpc) is 2.85. The van der Waals surface area contributed by atoms with E-state index in [2.05, 4.69) is 21.2 Å². The number of para-hydroxylation sites is 1. The molecule has 1 N–H and O–H groups in total. The highest BCUT2D eigenvalue weighted by atomic mass is 79.9. The van der Waals surface area contributed by atoms with Crippen molar-refractivity contribution in [3.63, 3.8) is 0 Å². The Morgan fingerprint density at radius 1 is 1.10 bits per heavy atom. The van der Waals surface area contributed by atoms with Crippen molar-refractivity contribution in [2.75, 3.05) is 12.1 Å². The van der Waals surface area contributed by atoms with Gasteiger partial charge in [0, 0.05) is 11.0 Å². The van der Waals surface area contributed by atoms with E-state index in [0.717, 1.165) is 27.2 Å². The molecule has 3 rings (SSSR count). The van der Waals surface area contributed by atoms with Crippen molar-refractivity contribution in [1.82, 2.24) is 0 Å². The van der Waals surface area contributed by atoms with Crippen LogP contribution in [0.1, 0.15) is 5.56 Å². The number of rotatable bonds is 3. The molecule has 0 bridgehead atoms. The lowest BCUT2D eigenvalue weighted by Crippen LogP contribution is -2.01. The van der Waals surface area contributed by atoms with Crippen LogP contribution in [-0.4, -0.2) is 6.79 Å². The average molecular weight is 375 g/mol. The summed E-state index contributed by atoms with van der Waals surface area (Å²) in [6, 6.07) is 9.24. The maximum absolute atomic E-state index is 6.13. The topological polar surface area (TPSA) is 30.5 Å². The molecule has 104 valence electrons. The van der Waals surface area contributed by atoms with E-state index in [0.29, 0.717) is 16.6 Å². The van der Waals surface area contributed by atoms with E-state index < -0.39 is 0 Å². The second kappa shape index (κ2) is 5.72. The van der Waals surface area contributed by atoms with Crippen LogP contribution in [-0.2, 0) is 6.54 Å². The van der Waals surface area contributed by atoms with E-state index in [9.17, 15) is 0 Å². The quantitative estimate of drug-likeness (QED) is 0.810. The molecule has 1 aliphatic rings. The van der Waals surface area contributed by atoms with Crippen LogP contribution in [0, 0.1) is 0 Å². The number of hydrogen-bond donors (Lipinski definition) is 1. The molecule has 0 aliphatic carbocycles. The molecule has 0 saturated heterocycles. The van der Waals surface area contributed by atoms with Crippen LogP contribution in [0.5, 0.6) is 11.5 Å². The summed E-state index contributed by atoms with van der Waals surface area (Å²) in [5, 5.41) is 4.42. The number of benzene rings is 2. The van der Waals surface area contributed by atoms with Gasteiger partial charge in [0.25, 0.3) is 0 Å². The van der Waals surface area contributed by atoms with Crippen molar-refractivity contribution in [1.29, 1.82) is 0 Å². The monoisotopic (exact) mass is 373 g/mol. The third kappa shape index (κ3) is 2.68. The van der Waals surface area contributed by atoms with Crippen LogP contribution in [0.3, 0.4) is 0 Å². The third-order valence-corrected chi connectivity index (χ3v) is 4.33. The normalized spacial score (nSPS) is 12.6. The van der Waals surface area contributed by atoms with Gasteiger partial charge in [-0.3, -0.25) is 0 Å². The standard InChI is InChI=1S/C14H10BrCl2NO2/c15-9-5-13-12(19-7-20-13)4-8(9)6-18-14-10(16)2-1-3-11(14)17/h1-5,18H,6-7H2. The van der Waals surface area contributed by atoms with Crippen molar-refractivity contribution in [3.05, 3.63) is 50.4 Å². The fraction of sp³-hybridized carbons (Fsp3) is 0.143. The summed E-state index contributed by atoms with van der Waals surface area (Å²) < 4.78 is 11.6. The molecule has 3 nitrogen and oxygen atoms in total. The Balaban J connectivity index is 1.82. The largest absolute Gasteiger partial charge is 0.454 e. The molecule has 0 aromatic heterocycles. The Morgan fingerprint density at radius 2 is 1.75 bits per heavy atom. The molecular formula is C14H10BrCl2NO2. The van der Waals surface area contributed by atoms with Crippen LogP contribution in [0.4, 0.5) is 5.69 Å². The van der Waals surface area contributed by atoms with Gasteiger partial charge in [0.1, 0.15) is 0 Å². The third-order valence-electron chi connectivity index (χ3n) is 2.96. The molecule has 0 fully saturated rings. The summed E-state index contributed by atoms with van der Waals surface area (Å²) in [7, 11) is 0. The fourth-order valence-corrected chi connectivity index (χ4v) is 2.94. The number of nitrogens with one attached hydrogen (secondary N) is 1. The second-order valence-corrected chi connectivity index (χ2v) is 5.92. The molecule has 0 amide bonds. The van der Waals surface area contributed by atoms with Crippen LogP contribution in [0.2, 0.25) is 10.0 Å². The minimum atomic E-state index is 0.259. The molecule has 6 heteroatoms. The molecule has 0 atom stereocenters. The molecule has 2 aromatic carbocycles. The number of ether oxygens (including phenoxy) is 2. The van der Waals surface area contributed by atoms with Gasteiger partial charge >= 0.3 is 0 Å². The fourth-order valence-electron chi connectivity index (χ4n) is 1.95. The number of halogens is 3. The lowest BCUT2D eigenvalue weighted by atomic mass is 10.2. The zero-order valence-electron chi connectivity index (χ0n) is 10.3. The first-order valence-corrected chi connectivity index (χ1v) is 7.46. The molecule has 2 aromatic rings. The Bertz CT molecular complexity index is 644. The van der Waals surface area contributed by atoms with Crippen molar-refractivity contribution >= 4 is 44.8 Å². The first-order valence-electron chi connectivity index (χ1n) is 5.91. The summed E-state index contributed by atoms with van der Waals surface area (Å²) in [4.78, 5) is 0. The maximum atomic E-state index is 6.13. The van der Waals surface area contributed by atoms with E-state index in [1.807, 2.05) is 18.2 Å². The van der Waals surface area contributed by atoms with E-state index in [-0.39, 0.29) is 6.79 Å². The molecule has 20 heavy (non-hydrogen) atoms. The van der Waals surface area contributed by atoms with Crippen molar-refractivity contribution in [2.24, 2.45) is 0 Å². The van der Waals surface area contributed by atoms with Gasteiger partial charge < -0.3 is 14.8 Å². The highest BCUT2D eigenvalue weighted by Crippen LogP contribution is 2.37. The Morgan fingerprint density at radius 3 is 2.45 bits per heavy atom. The number of fused-ring (bicyclic) bond motifs is 1. The van der Waals surface area contributed by atoms with Gasteiger partial charge in [-0.1, -0.05) is 45.2 Å². The summed E-state index contributed by atoms with van der Waals surface area (Å²) in [6.07, 6.45) is 0. The smallest absolute Gasteiger partial charge is 0.231 e. The molecule has 1 heterocycles. The lowest BCUT2D eigenvalue weighted by Gasteiger charge is -2.12. The van der Waals surface area contributed by atoms with Gasteiger partial charge in [0.2, 0.25) is 6.79 Å². The van der Waals surface area contributed by atoms with E-state index in [4.69, 9.17) is 32.7 Å². The summed E-state index contributed by atoms with van der Waals surface area (Å²) in [6.45, 7) is 0.829. The molecule has 0 spiro atoms. The first-order chi connectivity index (χ1) is 9.65. The minimum Gasteiger partial charge on any atom is -0.454 e. The highest BCUT2D eigenvalue weighted by Gasteiger charge is 2.16. The highest BCUT2D eigenvalue weighted by molar-refractivity contribution is 9.10. The maximum Gasteiger partial charge on any atom is 0.231 e. The van der Waals surface area contributed by atoms with Crippen LogP contribution < -0.4 is 14.8 Å². The van der Waals surface area contributed by atoms with Crippen LogP contribution in [0.15, 0.2) is 34.8 Å². The Kier molecular flexibility index (Phi) is 3.96. The molecule has 1 aliphatic heterocycles. The minimum absolute atomic E-state index is 0.259. The predicted octanol–water partition coefficient (Wildman–Crippen LogP) is 5.10. The van der Waals surface area contributed by atoms with Gasteiger partial charge in [-0.2, -0.15) is 0 Å². The van der Waals surface area contributed by atoms with Crippen molar-refractivity contribution in [3.8, 4) is 11.5 Å².